The number of hydrogen-bond acceptors (Lipinski definition) is 2. The standard InChI is InChI=1S/C7H9O2.W/c1-7(6-9)4-2-3-5-8;/h1-2,4,8-9H,5-6H2;/q-1;/b4-2-;. The van der Waals surface area contributed by atoms with E-state index in [0.717, 1.165) is 3.90 Å². The zero-order valence-corrected chi connectivity index (χ0v) is 8.38. The van der Waals surface area contributed by atoms with Crippen LogP contribution in [0.5, 0.6) is 0 Å². The molecule has 0 heterocycles. The minimum atomic E-state index is -0.134. The number of rotatable bonds is 4. The monoisotopic (exact) mass is 309 g/mol. The number of aliphatic hydroxyl groups excluding tert-OH is 2. The minimum absolute atomic E-state index is 0.0601. The zero-order valence-electron chi connectivity index (χ0n) is 5.45. The van der Waals surface area contributed by atoms with Crippen molar-refractivity contribution in [3.05, 3.63) is 24.3 Å². The molecule has 0 fully saturated rings. The molecule has 2 nitrogen and oxygen atoms in total. The van der Waals surface area contributed by atoms with Crippen LogP contribution in [0.15, 0.2) is 17.7 Å². The Morgan fingerprint density at radius 3 is 2.30 bits per heavy atom. The van der Waals surface area contributed by atoms with Gasteiger partial charge in [0.15, 0.2) is 0 Å². The van der Waals surface area contributed by atoms with Gasteiger partial charge in [-0.1, -0.05) is 0 Å². The van der Waals surface area contributed by atoms with Crippen LogP contribution in [0.25, 0.3) is 0 Å². The zero-order chi connectivity index (χ0) is 7.98. The van der Waals surface area contributed by atoms with Crippen LogP contribution in [-0.2, 0) is 19.4 Å². The topological polar surface area (TPSA) is 40.5 Å². The molecule has 0 aliphatic heterocycles. The van der Waals surface area contributed by atoms with Crippen molar-refractivity contribution in [2.75, 3.05) is 13.2 Å². The van der Waals surface area contributed by atoms with Gasteiger partial charge in [-0.05, 0) is 0 Å². The van der Waals surface area contributed by atoms with Gasteiger partial charge in [-0.15, -0.1) is 0 Å². The summed E-state index contributed by atoms with van der Waals surface area (Å²) in [7, 11) is 0. The predicted octanol–water partition coefficient (Wildman–Crippen LogP) is -0.394. The molecule has 3 heteroatoms. The van der Waals surface area contributed by atoms with Crippen LogP contribution in [0, 0.1) is 6.58 Å². The summed E-state index contributed by atoms with van der Waals surface area (Å²) >= 11 is 1.21. The molecule has 2 N–H and O–H groups in total. The molecule has 0 amide bonds. The molecule has 0 unspecified atom stereocenters. The predicted molar refractivity (Wildman–Crippen MR) is 36.1 cm³/mol. The Balaban J connectivity index is 3.75. The van der Waals surface area contributed by atoms with Crippen LogP contribution >= 0.6 is 0 Å². The quantitative estimate of drug-likeness (QED) is 0.548. The third-order valence-electron chi connectivity index (χ3n) is 0.822. The van der Waals surface area contributed by atoms with Gasteiger partial charge in [-0.25, -0.2) is 0 Å². The molecule has 0 bridgehead atoms. The fourth-order valence-corrected chi connectivity index (χ4v) is 0.550. The van der Waals surface area contributed by atoms with Gasteiger partial charge in [0.1, 0.15) is 0 Å². The molecular weight excluding hydrogens is 300 g/mol. The second kappa shape index (κ2) is 5.72. The van der Waals surface area contributed by atoms with Crippen molar-refractivity contribution in [2.24, 2.45) is 0 Å². The Bertz CT molecular complexity index is 143. The fraction of sp³-hybridized carbons (Fsp3) is 0.286. The van der Waals surface area contributed by atoms with E-state index < -0.39 is 0 Å². The van der Waals surface area contributed by atoms with Crippen LogP contribution in [0.2, 0.25) is 0 Å². The summed E-state index contributed by atoms with van der Waals surface area (Å²) in [4.78, 5) is 0. The van der Waals surface area contributed by atoms with Crippen molar-refractivity contribution in [1.29, 1.82) is 0 Å². The molecule has 56 valence electrons. The maximum absolute atomic E-state index is 8.54. The van der Waals surface area contributed by atoms with E-state index in [2.05, 4.69) is 0 Å². The molecule has 0 aromatic carbocycles. The molecule has 0 aromatic rings. The van der Waals surface area contributed by atoms with Crippen molar-refractivity contribution >= 4 is 3.90 Å². The molecule has 0 aliphatic rings. The van der Waals surface area contributed by atoms with Gasteiger partial charge < -0.3 is 0 Å². The summed E-state index contributed by atoms with van der Waals surface area (Å²) in [5.74, 6) is 0. The van der Waals surface area contributed by atoms with Gasteiger partial charge in [0.2, 0.25) is 0 Å². The first kappa shape index (κ1) is 9.96. The van der Waals surface area contributed by atoms with E-state index in [0.29, 0.717) is 5.57 Å². The van der Waals surface area contributed by atoms with E-state index in [1.54, 1.807) is 12.2 Å². The normalized spacial score (nSPS) is 10.2. The molecule has 0 aromatic heterocycles. The Morgan fingerprint density at radius 2 is 1.90 bits per heavy atom. The molecule has 0 rings (SSSR count). The Hall–Kier alpha value is -0.0417. The number of aliphatic hydroxyl groups is 2. The second-order valence-corrected chi connectivity index (χ2v) is 3.57. The molecule has 0 atom stereocenters. The Kier molecular flexibility index (Phi) is 5.70. The summed E-state index contributed by atoms with van der Waals surface area (Å²) in [5.41, 5.74) is 0.409. The van der Waals surface area contributed by atoms with E-state index in [-0.39, 0.29) is 13.2 Å². The summed E-state index contributed by atoms with van der Waals surface area (Å²) in [5, 5.41) is 17.0. The Morgan fingerprint density at radius 1 is 1.30 bits per heavy atom. The first-order valence-electron chi connectivity index (χ1n) is 2.74. The van der Waals surface area contributed by atoms with E-state index in [9.17, 15) is 0 Å². The second-order valence-electron chi connectivity index (χ2n) is 1.69. The van der Waals surface area contributed by atoms with Gasteiger partial charge in [-0.2, -0.15) is 0 Å². The van der Waals surface area contributed by atoms with Gasteiger partial charge in [0, 0.05) is 0 Å². The average molecular weight is 309 g/mol. The van der Waals surface area contributed by atoms with Crippen LogP contribution in [0.4, 0.5) is 0 Å². The molecular formula is C7H9O2W-. The van der Waals surface area contributed by atoms with Gasteiger partial charge in [0.25, 0.3) is 0 Å². The average Bonchev–Trinajstić information content (AvgIpc) is 1.99. The van der Waals surface area contributed by atoms with Crippen molar-refractivity contribution in [3.8, 4) is 0 Å². The molecule has 0 radical (unpaired) electrons. The van der Waals surface area contributed by atoms with E-state index in [1.165, 1.54) is 19.4 Å². The molecule has 0 saturated heterocycles. The molecule has 10 heavy (non-hydrogen) atoms. The summed E-state index contributed by atoms with van der Waals surface area (Å²) < 4.78 is 0.899. The third-order valence-corrected chi connectivity index (χ3v) is 1.77. The van der Waals surface area contributed by atoms with Gasteiger partial charge in [0.05, 0.1) is 0 Å². The van der Waals surface area contributed by atoms with Gasteiger partial charge >= 0.3 is 71.0 Å². The van der Waals surface area contributed by atoms with Crippen molar-refractivity contribution < 1.29 is 29.6 Å². The summed E-state index contributed by atoms with van der Waals surface area (Å²) in [6.45, 7) is 5.20. The first-order valence-corrected chi connectivity index (χ1v) is 4.21. The fourth-order valence-electron chi connectivity index (χ4n) is 0.305. The van der Waals surface area contributed by atoms with Gasteiger partial charge in [-0.3, -0.25) is 0 Å². The van der Waals surface area contributed by atoms with Crippen LogP contribution < -0.4 is 0 Å². The van der Waals surface area contributed by atoms with Crippen LogP contribution in [0.3, 0.4) is 0 Å². The van der Waals surface area contributed by atoms with E-state index in [1.807, 2.05) is 0 Å². The maximum atomic E-state index is 8.54. The van der Waals surface area contributed by atoms with Crippen molar-refractivity contribution in [1.82, 2.24) is 0 Å². The SMILES string of the molecule is [CH-]=C(/C=C\[C](=[W])CO)CO. The van der Waals surface area contributed by atoms with E-state index in [4.69, 9.17) is 16.8 Å². The van der Waals surface area contributed by atoms with Crippen LogP contribution in [-0.4, -0.2) is 27.3 Å². The molecule has 0 spiro atoms. The van der Waals surface area contributed by atoms with Crippen LogP contribution in [0.1, 0.15) is 0 Å². The summed E-state index contributed by atoms with van der Waals surface area (Å²) in [6.07, 6.45) is 3.30. The van der Waals surface area contributed by atoms with Crippen molar-refractivity contribution in [3.63, 3.8) is 0 Å². The summed E-state index contributed by atoms with van der Waals surface area (Å²) in [6, 6.07) is 0. The Labute approximate surface area is 71.3 Å². The van der Waals surface area contributed by atoms with Crippen molar-refractivity contribution in [2.45, 2.75) is 0 Å². The molecule has 0 saturated carbocycles. The van der Waals surface area contributed by atoms with E-state index >= 15 is 0 Å². The third kappa shape index (κ3) is 4.80. The molecule has 0 aliphatic carbocycles. The first-order chi connectivity index (χ1) is 4.70. The number of hydrogen-bond donors (Lipinski definition) is 2.